The van der Waals surface area contributed by atoms with Crippen LogP contribution < -0.4 is 5.32 Å². The fraction of sp³-hybridized carbons (Fsp3) is 0.0435. The molecule has 0 unspecified atom stereocenters. The average Bonchev–Trinajstić information content (AvgIpc) is 3.37. The van der Waals surface area contributed by atoms with Gasteiger partial charge in [-0.1, -0.05) is 65.3 Å². The average molecular weight is 544 g/mol. The number of carbonyl (C=O) groups excluding carboxylic acids is 1. The molecule has 0 aliphatic carbocycles. The molecule has 176 valence electrons. The number of nitrogens with zero attached hydrogens (tertiary/aromatic N) is 3. The van der Waals surface area contributed by atoms with E-state index in [-0.39, 0.29) is 26.6 Å². The van der Waals surface area contributed by atoms with Crippen molar-refractivity contribution in [2.45, 2.75) is 15.5 Å². The topological polar surface area (TPSA) is 118 Å². The molecular weight excluding hydrogens is 529 g/mol. The number of hydrogen-bond donors (Lipinski definition) is 2. The van der Waals surface area contributed by atoms with Crippen LogP contribution in [0.25, 0.3) is 17.5 Å². The quantitative estimate of drug-likeness (QED) is 0.330. The van der Waals surface area contributed by atoms with E-state index in [4.69, 9.17) is 23.2 Å². The summed E-state index contributed by atoms with van der Waals surface area (Å²) in [5, 5.41) is 17.2. The van der Waals surface area contributed by atoms with Gasteiger partial charge in [0.1, 0.15) is 0 Å². The molecule has 1 amide bonds. The first kappa shape index (κ1) is 23.6. The van der Waals surface area contributed by atoms with Crippen LogP contribution in [0.1, 0.15) is 11.1 Å². The van der Waals surface area contributed by atoms with Gasteiger partial charge in [0.2, 0.25) is 5.82 Å². The molecular formula is C23H15Cl2N5O3S2. The number of fused-ring (bicyclic) bond motifs is 1. The fourth-order valence-corrected chi connectivity index (χ4v) is 6.62. The maximum absolute atomic E-state index is 13.1. The van der Waals surface area contributed by atoms with Crippen LogP contribution in [0.2, 0.25) is 10.0 Å². The number of hydrogen-bond acceptors (Lipinski definition) is 7. The monoisotopic (exact) mass is 543 g/mol. The zero-order chi connectivity index (χ0) is 24.6. The van der Waals surface area contributed by atoms with Crippen LogP contribution in [0, 0.1) is 0 Å². The van der Waals surface area contributed by atoms with E-state index in [1.807, 2.05) is 24.3 Å². The Morgan fingerprint density at radius 3 is 2.43 bits per heavy atom. The van der Waals surface area contributed by atoms with Gasteiger partial charge in [0.25, 0.3) is 5.91 Å². The van der Waals surface area contributed by atoms with Crippen LogP contribution in [0.15, 0.2) is 75.4 Å². The summed E-state index contributed by atoms with van der Waals surface area (Å²) < 4.78 is 26.2. The van der Waals surface area contributed by atoms with Crippen molar-refractivity contribution in [3.63, 3.8) is 0 Å². The molecule has 0 spiro atoms. The molecule has 1 aliphatic rings. The van der Waals surface area contributed by atoms with E-state index in [2.05, 4.69) is 25.9 Å². The number of benzene rings is 3. The van der Waals surface area contributed by atoms with Gasteiger partial charge in [-0.05, 0) is 47.2 Å². The van der Waals surface area contributed by atoms with Gasteiger partial charge in [-0.3, -0.25) is 4.79 Å². The van der Waals surface area contributed by atoms with E-state index in [1.165, 1.54) is 17.8 Å². The number of sulfone groups is 1. The molecule has 8 nitrogen and oxygen atoms in total. The molecule has 0 atom stereocenters. The number of amides is 1. The highest BCUT2D eigenvalue weighted by Crippen LogP contribution is 2.41. The summed E-state index contributed by atoms with van der Waals surface area (Å²) in [5.41, 5.74) is 2.45. The minimum Gasteiger partial charge on any atom is -0.320 e. The molecule has 5 rings (SSSR count). The van der Waals surface area contributed by atoms with Gasteiger partial charge in [0.05, 0.1) is 21.2 Å². The minimum absolute atomic E-state index is 0.111. The van der Waals surface area contributed by atoms with Crippen LogP contribution in [0.3, 0.4) is 0 Å². The molecule has 4 aromatic rings. The maximum Gasteiger partial charge on any atom is 0.262 e. The minimum atomic E-state index is -3.74. The highest BCUT2D eigenvalue weighted by atomic mass is 35.5. The maximum atomic E-state index is 13.1. The number of anilines is 1. The Balaban J connectivity index is 1.41. The Bertz CT molecular complexity index is 1550. The zero-order valence-electron chi connectivity index (χ0n) is 17.7. The third-order valence-corrected chi connectivity index (χ3v) is 8.64. The number of aromatic amines is 1. The lowest BCUT2D eigenvalue weighted by Gasteiger charge is -2.19. The molecule has 0 radical (unpaired) electrons. The Hall–Kier alpha value is -3.18. The molecule has 2 N–H and O–H groups in total. The van der Waals surface area contributed by atoms with Crippen molar-refractivity contribution >= 4 is 62.5 Å². The number of halogens is 2. The number of rotatable bonds is 5. The predicted octanol–water partition coefficient (Wildman–Crippen LogP) is 5.23. The first-order valence-electron chi connectivity index (χ1n) is 10.1. The summed E-state index contributed by atoms with van der Waals surface area (Å²) in [6, 6.07) is 16.8. The van der Waals surface area contributed by atoms with Gasteiger partial charge in [-0.2, -0.15) is 5.21 Å². The molecule has 3 aromatic carbocycles. The van der Waals surface area contributed by atoms with E-state index in [0.29, 0.717) is 26.9 Å². The lowest BCUT2D eigenvalue weighted by atomic mass is 10.1. The van der Waals surface area contributed by atoms with Gasteiger partial charge in [-0.15, -0.1) is 10.2 Å². The van der Waals surface area contributed by atoms with E-state index in [1.54, 1.807) is 36.4 Å². The summed E-state index contributed by atoms with van der Waals surface area (Å²) in [4.78, 5) is 13.8. The van der Waals surface area contributed by atoms with Gasteiger partial charge >= 0.3 is 0 Å². The summed E-state index contributed by atoms with van der Waals surface area (Å²) in [6.07, 6.45) is 1.73. The number of carbonyl (C=O) groups is 1. The van der Waals surface area contributed by atoms with Gasteiger partial charge in [0, 0.05) is 26.1 Å². The van der Waals surface area contributed by atoms with Gasteiger partial charge in [-0.25, -0.2) is 8.42 Å². The van der Waals surface area contributed by atoms with Crippen LogP contribution in [-0.4, -0.2) is 34.9 Å². The summed E-state index contributed by atoms with van der Waals surface area (Å²) in [7, 11) is -3.74. The van der Waals surface area contributed by atoms with E-state index in [9.17, 15) is 13.2 Å². The summed E-state index contributed by atoms with van der Waals surface area (Å²) in [6.45, 7) is 0. The second kappa shape index (κ2) is 9.46. The van der Waals surface area contributed by atoms with Crippen LogP contribution in [0.4, 0.5) is 5.69 Å². The van der Waals surface area contributed by atoms with Gasteiger partial charge in [0.15, 0.2) is 9.84 Å². The van der Waals surface area contributed by atoms with Crippen molar-refractivity contribution in [2.24, 2.45) is 0 Å². The Morgan fingerprint density at radius 1 is 1.00 bits per heavy atom. The zero-order valence-corrected chi connectivity index (χ0v) is 20.8. The van der Waals surface area contributed by atoms with Crippen molar-refractivity contribution in [1.29, 1.82) is 0 Å². The fourth-order valence-electron chi connectivity index (χ4n) is 3.44. The molecule has 35 heavy (non-hydrogen) atoms. The Morgan fingerprint density at radius 2 is 1.74 bits per heavy atom. The van der Waals surface area contributed by atoms with Crippen molar-refractivity contribution < 1.29 is 13.2 Å². The van der Waals surface area contributed by atoms with Crippen molar-refractivity contribution in [3.8, 4) is 11.4 Å². The molecule has 1 aliphatic heterocycles. The summed E-state index contributed by atoms with van der Waals surface area (Å²) in [5.74, 6) is -0.144. The van der Waals surface area contributed by atoms with Crippen LogP contribution >= 0.6 is 35.0 Å². The highest BCUT2D eigenvalue weighted by Gasteiger charge is 2.25. The SMILES string of the molecule is O=C1Nc2ccc(S(=O)(=O)Cc3c(Cl)cccc3Cl)cc2SC1=Cc1ccc(-c2nn[nH]n2)cc1. The van der Waals surface area contributed by atoms with E-state index >= 15 is 0 Å². The molecule has 1 aromatic heterocycles. The van der Waals surface area contributed by atoms with Crippen molar-refractivity contribution in [2.75, 3.05) is 5.32 Å². The Kier molecular flexibility index (Phi) is 6.37. The largest absolute Gasteiger partial charge is 0.320 e. The summed E-state index contributed by atoms with van der Waals surface area (Å²) >= 11 is 13.5. The normalized spacial score (nSPS) is 14.6. The number of nitrogens with one attached hydrogen (secondary N) is 2. The third kappa shape index (κ3) is 4.96. The number of tetrazole rings is 1. The lowest BCUT2D eigenvalue weighted by Crippen LogP contribution is -2.17. The van der Waals surface area contributed by atoms with Crippen LogP contribution in [-0.2, 0) is 20.4 Å². The predicted molar refractivity (Wildman–Crippen MR) is 136 cm³/mol. The number of H-pyrrole nitrogens is 1. The molecule has 0 fully saturated rings. The van der Waals surface area contributed by atoms with E-state index < -0.39 is 9.84 Å². The smallest absolute Gasteiger partial charge is 0.262 e. The van der Waals surface area contributed by atoms with Gasteiger partial charge < -0.3 is 5.32 Å². The third-order valence-electron chi connectivity index (χ3n) is 5.21. The lowest BCUT2D eigenvalue weighted by molar-refractivity contribution is -0.112. The van der Waals surface area contributed by atoms with Crippen molar-refractivity contribution in [1.82, 2.24) is 20.6 Å². The molecule has 0 bridgehead atoms. The first-order valence-corrected chi connectivity index (χ1v) is 13.4. The standard InChI is InChI=1S/C23H15Cl2N5O3S2/c24-17-2-1-3-18(25)16(17)12-35(32,33)15-8-9-19-20(11-15)34-21(23(31)26-19)10-13-4-6-14(7-5-13)22-27-29-30-28-22/h1-11H,12H2,(H,26,31)(H,27,28,29,30). The second-order valence-electron chi connectivity index (χ2n) is 7.54. The Labute approximate surface area is 214 Å². The highest BCUT2D eigenvalue weighted by molar-refractivity contribution is 8.04. The molecule has 12 heteroatoms. The molecule has 0 saturated heterocycles. The number of thioether (sulfide) groups is 1. The first-order chi connectivity index (χ1) is 16.8. The van der Waals surface area contributed by atoms with Crippen molar-refractivity contribution in [3.05, 3.63) is 86.7 Å². The molecule has 0 saturated carbocycles. The second-order valence-corrected chi connectivity index (χ2v) is 11.4. The van der Waals surface area contributed by atoms with Crippen LogP contribution in [0.5, 0.6) is 0 Å². The van der Waals surface area contributed by atoms with E-state index in [0.717, 1.165) is 11.1 Å². The number of aromatic nitrogens is 4. The molecule has 2 heterocycles.